The Morgan fingerprint density at radius 3 is 2.76 bits per heavy atom. The first kappa shape index (κ1) is 12.6. The summed E-state index contributed by atoms with van der Waals surface area (Å²) in [5.41, 5.74) is 1.10. The van der Waals surface area contributed by atoms with E-state index in [9.17, 15) is 4.39 Å². The summed E-state index contributed by atoms with van der Waals surface area (Å²) < 4.78 is 13.6. The molecule has 1 atom stereocenters. The fourth-order valence-electron chi connectivity index (χ4n) is 2.80. The highest BCUT2D eigenvalue weighted by Gasteiger charge is 2.29. The number of piperidine rings is 1. The molecule has 94 valence electrons. The fraction of sp³-hybridized carbons (Fsp3) is 0.600. The van der Waals surface area contributed by atoms with Gasteiger partial charge in [0.25, 0.3) is 0 Å². The molecule has 1 saturated heterocycles. The van der Waals surface area contributed by atoms with Crippen LogP contribution in [0.1, 0.15) is 44.6 Å². The number of rotatable bonds is 4. The lowest BCUT2D eigenvalue weighted by Crippen LogP contribution is -2.48. The molecule has 1 unspecified atom stereocenters. The van der Waals surface area contributed by atoms with Gasteiger partial charge in [-0.2, -0.15) is 0 Å². The maximum atomic E-state index is 13.6. The third-order valence-electron chi connectivity index (χ3n) is 4.09. The molecule has 0 amide bonds. The minimum Gasteiger partial charge on any atom is -0.311 e. The second kappa shape index (κ2) is 5.63. The van der Waals surface area contributed by atoms with Crippen molar-refractivity contribution < 1.29 is 4.39 Å². The van der Waals surface area contributed by atoms with E-state index in [2.05, 4.69) is 12.2 Å². The van der Waals surface area contributed by atoms with Crippen LogP contribution in [0.5, 0.6) is 0 Å². The summed E-state index contributed by atoms with van der Waals surface area (Å²) in [5.74, 6) is -0.0606. The Bertz CT molecular complexity index is 356. The Balaban J connectivity index is 1.98. The van der Waals surface area contributed by atoms with Gasteiger partial charge in [0.15, 0.2) is 0 Å². The van der Waals surface area contributed by atoms with Crippen LogP contribution in [0.25, 0.3) is 0 Å². The highest BCUT2D eigenvalue weighted by molar-refractivity contribution is 5.18. The molecule has 1 N–H and O–H groups in total. The third kappa shape index (κ3) is 3.06. The minimum atomic E-state index is -0.0606. The number of aryl methyl sites for hydroxylation is 1. The molecule has 0 aliphatic carbocycles. The van der Waals surface area contributed by atoms with Gasteiger partial charge in [-0.25, -0.2) is 4.39 Å². The summed E-state index contributed by atoms with van der Waals surface area (Å²) in [4.78, 5) is 0. The average Bonchev–Trinajstić information content (AvgIpc) is 2.39. The van der Waals surface area contributed by atoms with Gasteiger partial charge >= 0.3 is 0 Å². The molecule has 0 spiro atoms. The highest BCUT2D eigenvalue weighted by atomic mass is 19.1. The average molecular weight is 235 g/mol. The van der Waals surface area contributed by atoms with Crippen molar-refractivity contribution in [2.75, 3.05) is 6.54 Å². The zero-order valence-corrected chi connectivity index (χ0v) is 10.6. The summed E-state index contributed by atoms with van der Waals surface area (Å²) in [7, 11) is 0. The van der Waals surface area contributed by atoms with Crippen LogP contribution >= 0.6 is 0 Å². The number of halogens is 1. The van der Waals surface area contributed by atoms with Crippen LogP contribution in [0.4, 0.5) is 4.39 Å². The molecule has 2 rings (SSSR count). The van der Waals surface area contributed by atoms with Gasteiger partial charge in [0.1, 0.15) is 5.82 Å². The summed E-state index contributed by atoms with van der Waals surface area (Å²) >= 11 is 0. The number of nitrogens with one attached hydrogen (secondary N) is 1. The fourth-order valence-corrected chi connectivity index (χ4v) is 2.80. The molecule has 17 heavy (non-hydrogen) atoms. The van der Waals surface area contributed by atoms with Gasteiger partial charge < -0.3 is 5.32 Å². The SMILES string of the molecule is CCC1(CCc2ccccc2F)CCCCN1. The van der Waals surface area contributed by atoms with E-state index in [0.29, 0.717) is 0 Å². The summed E-state index contributed by atoms with van der Waals surface area (Å²) in [6.45, 7) is 3.35. The molecular weight excluding hydrogens is 213 g/mol. The standard InChI is InChI=1S/C15H22FN/c1-2-15(10-5-6-12-17-15)11-9-13-7-3-4-8-14(13)16/h3-4,7-8,17H,2,5-6,9-12H2,1H3. The predicted molar refractivity (Wildman–Crippen MR) is 69.6 cm³/mol. The van der Waals surface area contributed by atoms with Gasteiger partial charge in [0.2, 0.25) is 0 Å². The smallest absolute Gasteiger partial charge is 0.126 e. The molecule has 1 aromatic carbocycles. The van der Waals surface area contributed by atoms with Gasteiger partial charge in [-0.05, 0) is 50.3 Å². The van der Waals surface area contributed by atoms with E-state index in [1.54, 1.807) is 12.1 Å². The molecule has 0 radical (unpaired) electrons. The molecular formula is C15H22FN. The van der Waals surface area contributed by atoms with Crippen LogP contribution in [0.15, 0.2) is 24.3 Å². The lowest BCUT2D eigenvalue weighted by Gasteiger charge is -2.38. The minimum absolute atomic E-state index is 0.0606. The third-order valence-corrected chi connectivity index (χ3v) is 4.09. The Hall–Kier alpha value is -0.890. The lowest BCUT2D eigenvalue weighted by atomic mass is 9.81. The van der Waals surface area contributed by atoms with Crippen molar-refractivity contribution in [2.45, 2.75) is 51.0 Å². The number of hydrogen-bond donors (Lipinski definition) is 1. The lowest BCUT2D eigenvalue weighted by molar-refractivity contribution is 0.228. The first-order chi connectivity index (χ1) is 8.26. The number of benzene rings is 1. The summed E-state index contributed by atoms with van der Waals surface area (Å²) in [5, 5.41) is 3.65. The van der Waals surface area contributed by atoms with Crippen molar-refractivity contribution in [3.63, 3.8) is 0 Å². The van der Waals surface area contributed by atoms with E-state index in [0.717, 1.165) is 31.4 Å². The zero-order valence-electron chi connectivity index (χ0n) is 10.6. The molecule has 1 aliphatic rings. The zero-order chi connectivity index (χ0) is 12.1. The first-order valence-corrected chi connectivity index (χ1v) is 6.74. The molecule has 1 aliphatic heterocycles. The van der Waals surface area contributed by atoms with Gasteiger partial charge in [-0.1, -0.05) is 31.5 Å². The van der Waals surface area contributed by atoms with E-state index in [1.165, 1.54) is 19.3 Å². The molecule has 2 heteroatoms. The molecule has 1 nitrogen and oxygen atoms in total. The van der Waals surface area contributed by atoms with E-state index in [4.69, 9.17) is 0 Å². The van der Waals surface area contributed by atoms with E-state index >= 15 is 0 Å². The van der Waals surface area contributed by atoms with Gasteiger partial charge in [-0.3, -0.25) is 0 Å². The maximum Gasteiger partial charge on any atom is 0.126 e. The van der Waals surface area contributed by atoms with Crippen LogP contribution in [0.3, 0.4) is 0 Å². The molecule has 1 heterocycles. The van der Waals surface area contributed by atoms with Gasteiger partial charge in [0.05, 0.1) is 0 Å². The van der Waals surface area contributed by atoms with Crippen molar-refractivity contribution in [1.29, 1.82) is 0 Å². The van der Waals surface area contributed by atoms with Crippen molar-refractivity contribution in [3.8, 4) is 0 Å². The predicted octanol–water partition coefficient (Wildman–Crippen LogP) is 3.68. The van der Waals surface area contributed by atoms with Crippen LogP contribution in [0.2, 0.25) is 0 Å². The largest absolute Gasteiger partial charge is 0.311 e. The second-order valence-electron chi connectivity index (χ2n) is 5.11. The Morgan fingerprint density at radius 1 is 1.29 bits per heavy atom. The monoisotopic (exact) mass is 235 g/mol. The molecule has 1 fully saturated rings. The first-order valence-electron chi connectivity index (χ1n) is 6.74. The van der Waals surface area contributed by atoms with Crippen molar-refractivity contribution in [1.82, 2.24) is 5.32 Å². The van der Waals surface area contributed by atoms with Gasteiger partial charge in [0, 0.05) is 5.54 Å². The van der Waals surface area contributed by atoms with Crippen LogP contribution in [0, 0.1) is 5.82 Å². The summed E-state index contributed by atoms with van der Waals surface area (Å²) in [6.07, 6.45) is 6.84. The highest BCUT2D eigenvalue weighted by Crippen LogP contribution is 2.28. The molecule has 1 aromatic rings. The Morgan fingerprint density at radius 2 is 2.12 bits per heavy atom. The molecule has 0 bridgehead atoms. The van der Waals surface area contributed by atoms with E-state index < -0.39 is 0 Å². The van der Waals surface area contributed by atoms with Crippen LogP contribution in [-0.4, -0.2) is 12.1 Å². The Kier molecular flexibility index (Phi) is 4.16. The normalized spacial score (nSPS) is 24.8. The van der Waals surface area contributed by atoms with E-state index in [-0.39, 0.29) is 11.4 Å². The van der Waals surface area contributed by atoms with Crippen molar-refractivity contribution >= 4 is 0 Å². The van der Waals surface area contributed by atoms with Crippen LogP contribution in [-0.2, 0) is 6.42 Å². The van der Waals surface area contributed by atoms with E-state index in [1.807, 2.05) is 12.1 Å². The topological polar surface area (TPSA) is 12.0 Å². The van der Waals surface area contributed by atoms with Crippen molar-refractivity contribution in [2.24, 2.45) is 0 Å². The maximum absolute atomic E-state index is 13.6. The number of hydrogen-bond acceptors (Lipinski definition) is 1. The summed E-state index contributed by atoms with van der Waals surface area (Å²) in [6, 6.07) is 7.14. The Labute approximate surface area is 103 Å². The molecule has 0 saturated carbocycles. The quantitative estimate of drug-likeness (QED) is 0.839. The van der Waals surface area contributed by atoms with Crippen LogP contribution < -0.4 is 5.32 Å². The van der Waals surface area contributed by atoms with Gasteiger partial charge in [-0.15, -0.1) is 0 Å². The second-order valence-corrected chi connectivity index (χ2v) is 5.11. The molecule has 0 aromatic heterocycles. The van der Waals surface area contributed by atoms with Crippen molar-refractivity contribution in [3.05, 3.63) is 35.6 Å².